The second-order valence-electron chi connectivity index (χ2n) is 10.7. The molecular formula is C39H29IrN3S. The molecule has 8 rings (SSSR count). The summed E-state index contributed by atoms with van der Waals surface area (Å²) in [5.41, 5.74) is 10.2. The molecule has 0 saturated carbocycles. The van der Waals surface area contributed by atoms with E-state index in [2.05, 4.69) is 150 Å². The molecule has 5 aromatic carbocycles. The van der Waals surface area contributed by atoms with E-state index in [1.807, 2.05) is 35.7 Å². The standard InChI is InChI=1S/C25H15N2S.C14H14N.Ir/c1-2-9-18(10-3-1)26-17-27(22-14-6-5-13-21(22)26)23-15-8-12-20-19-11-4-7-16-24(19)28-25(20)23;1-10-4-6-13(7-5-10)14-8-11(2)12(3)9-15-14;/h1-14,16H;4-6,8-9H,1-3H3;/q+1;-1;. The fourth-order valence-electron chi connectivity index (χ4n) is 5.27. The quantitative estimate of drug-likeness (QED) is 0.130. The predicted molar refractivity (Wildman–Crippen MR) is 182 cm³/mol. The molecule has 1 aliphatic heterocycles. The number of thiophene rings is 1. The van der Waals surface area contributed by atoms with Gasteiger partial charge in [-0.15, -0.1) is 46.8 Å². The minimum Gasteiger partial charge on any atom is -0.304 e. The molecule has 3 heterocycles. The van der Waals surface area contributed by atoms with E-state index in [0.29, 0.717) is 0 Å². The Labute approximate surface area is 275 Å². The molecule has 7 aromatic rings. The fourth-order valence-corrected chi connectivity index (χ4v) is 6.46. The summed E-state index contributed by atoms with van der Waals surface area (Å²) in [6, 6.07) is 50.1. The van der Waals surface area contributed by atoms with Crippen molar-refractivity contribution in [3.8, 4) is 11.3 Å². The molecule has 5 heteroatoms. The molecule has 44 heavy (non-hydrogen) atoms. The number of fused-ring (bicyclic) bond motifs is 4. The number of rotatable bonds is 3. The van der Waals surface area contributed by atoms with E-state index in [1.54, 1.807) is 0 Å². The van der Waals surface area contributed by atoms with Crippen LogP contribution in [0.2, 0.25) is 0 Å². The van der Waals surface area contributed by atoms with Crippen LogP contribution in [0.15, 0.2) is 121 Å². The number of para-hydroxylation sites is 3. The van der Waals surface area contributed by atoms with Crippen LogP contribution < -0.4 is 9.15 Å². The van der Waals surface area contributed by atoms with E-state index in [9.17, 15) is 0 Å². The third-order valence-electron chi connectivity index (χ3n) is 7.74. The molecule has 0 spiro atoms. The minimum absolute atomic E-state index is 0. The Hall–Kier alpha value is -4.50. The zero-order valence-corrected chi connectivity index (χ0v) is 27.8. The largest absolute Gasteiger partial charge is 0.501 e. The van der Waals surface area contributed by atoms with Gasteiger partial charge in [-0.05, 0) is 45.8 Å². The van der Waals surface area contributed by atoms with Gasteiger partial charge in [-0.2, -0.15) is 23.5 Å². The van der Waals surface area contributed by atoms with E-state index in [0.717, 1.165) is 34.0 Å². The summed E-state index contributed by atoms with van der Waals surface area (Å²) >= 11 is 1.82. The molecule has 0 aliphatic carbocycles. The van der Waals surface area contributed by atoms with Gasteiger partial charge in [0.1, 0.15) is 5.69 Å². The van der Waals surface area contributed by atoms with E-state index >= 15 is 0 Å². The Morgan fingerprint density at radius 1 is 0.705 bits per heavy atom. The van der Waals surface area contributed by atoms with E-state index in [1.165, 1.54) is 36.9 Å². The molecule has 0 N–H and O–H groups in total. The normalized spacial score (nSPS) is 11.7. The van der Waals surface area contributed by atoms with E-state index < -0.39 is 0 Å². The van der Waals surface area contributed by atoms with Crippen LogP contribution in [0.4, 0.5) is 22.7 Å². The summed E-state index contributed by atoms with van der Waals surface area (Å²) in [4.78, 5) is 4.41. The van der Waals surface area contributed by atoms with Gasteiger partial charge in [-0.1, -0.05) is 71.7 Å². The van der Waals surface area contributed by atoms with Crippen molar-refractivity contribution in [2.45, 2.75) is 20.8 Å². The third kappa shape index (κ3) is 5.59. The van der Waals surface area contributed by atoms with Crippen LogP contribution in [0.5, 0.6) is 0 Å². The van der Waals surface area contributed by atoms with Crippen molar-refractivity contribution in [2.24, 2.45) is 0 Å². The summed E-state index contributed by atoms with van der Waals surface area (Å²) < 4.78 is 6.79. The first-order valence-electron chi connectivity index (χ1n) is 14.3. The number of aromatic nitrogens is 1. The van der Waals surface area contributed by atoms with Gasteiger partial charge in [0.2, 0.25) is 5.69 Å². The number of nitrogens with zero attached hydrogens (tertiary/aromatic N) is 3. The Morgan fingerprint density at radius 2 is 1.43 bits per heavy atom. The summed E-state index contributed by atoms with van der Waals surface area (Å²) in [6.07, 6.45) is 1.92. The molecule has 1 aliphatic rings. The SMILES string of the molecule is C1=[N+](c2ccccc2)c2ccccc2[N+]=1c1[c-]ccc2c1sc1ccccc12.Cc1c[c-]c(-c2cc(C)c(C)cn2)cc1.[Ir]. The van der Waals surface area contributed by atoms with Gasteiger partial charge in [0, 0.05) is 55.3 Å². The molecule has 215 valence electrons. The monoisotopic (exact) mass is 764 g/mol. The Balaban J connectivity index is 0.000000183. The van der Waals surface area contributed by atoms with E-state index in [4.69, 9.17) is 0 Å². The molecule has 0 atom stereocenters. The van der Waals surface area contributed by atoms with Crippen molar-refractivity contribution in [3.63, 3.8) is 0 Å². The first-order chi connectivity index (χ1) is 21.1. The number of hydrogen-bond acceptors (Lipinski definition) is 2. The first-order valence-corrected chi connectivity index (χ1v) is 15.1. The van der Waals surface area contributed by atoms with Crippen molar-refractivity contribution in [1.29, 1.82) is 0 Å². The molecule has 0 saturated heterocycles. The number of aryl methyl sites for hydroxylation is 3. The average molecular weight is 764 g/mol. The van der Waals surface area contributed by atoms with Crippen molar-refractivity contribution in [2.75, 3.05) is 0 Å². The topological polar surface area (TPSA) is 18.9 Å². The maximum Gasteiger partial charge on any atom is 0.501 e. The Kier molecular flexibility index (Phi) is 8.48. The van der Waals surface area contributed by atoms with Gasteiger partial charge in [0.05, 0.1) is 0 Å². The van der Waals surface area contributed by atoms with Crippen molar-refractivity contribution < 1.29 is 20.1 Å². The average Bonchev–Trinajstić information content (AvgIpc) is 3.63. The number of pyridine rings is 1. The Bertz CT molecular complexity index is 2190. The van der Waals surface area contributed by atoms with Crippen LogP contribution in [0.3, 0.4) is 0 Å². The molecule has 3 nitrogen and oxygen atoms in total. The number of benzene rings is 5. The van der Waals surface area contributed by atoms with Crippen molar-refractivity contribution in [3.05, 3.63) is 150 Å². The smallest absolute Gasteiger partial charge is 0.304 e. The summed E-state index contributed by atoms with van der Waals surface area (Å²) in [5.74, 6) is 0. The molecule has 0 bridgehead atoms. The summed E-state index contributed by atoms with van der Waals surface area (Å²) in [7, 11) is 0. The van der Waals surface area contributed by atoms with Crippen molar-refractivity contribution >= 4 is 60.3 Å². The van der Waals surface area contributed by atoms with Crippen LogP contribution in [-0.2, 0) is 20.1 Å². The zero-order valence-electron chi connectivity index (χ0n) is 24.6. The first kappa shape index (κ1) is 29.6. The molecule has 0 unspecified atom stereocenters. The maximum absolute atomic E-state index is 4.41. The van der Waals surface area contributed by atoms with Gasteiger partial charge in [0.25, 0.3) is 11.4 Å². The molecule has 0 amide bonds. The van der Waals surface area contributed by atoms with Crippen molar-refractivity contribution in [1.82, 2.24) is 14.1 Å². The maximum atomic E-state index is 4.41. The van der Waals surface area contributed by atoms with Crippen LogP contribution in [-0.4, -0.2) is 11.0 Å². The van der Waals surface area contributed by atoms with Gasteiger partial charge in [0.15, 0.2) is 0 Å². The fraction of sp³-hybridized carbons (Fsp3) is 0.0769. The second-order valence-corrected chi connectivity index (χ2v) is 11.7. The van der Waals surface area contributed by atoms with E-state index in [-0.39, 0.29) is 20.1 Å². The summed E-state index contributed by atoms with van der Waals surface area (Å²) in [5, 5.41) is 2.57. The summed E-state index contributed by atoms with van der Waals surface area (Å²) in [6.45, 7) is 6.24. The van der Waals surface area contributed by atoms with Crippen LogP contribution in [0, 0.1) is 32.9 Å². The predicted octanol–water partition coefficient (Wildman–Crippen LogP) is 10.2. The van der Waals surface area contributed by atoms with Gasteiger partial charge in [-0.25, -0.2) is 0 Å². The minimum atomic E-state index is 0. The van der Waals surface area contributed by atoms with Gasteiger partial charge in [-0.3, -0.25) is 0 Å². The van der Waals surface area contributed by atoms with Crippen LogP contribution >= 0.6 is 11.3 Å². The third-order valence-corrected chi connectivity index (χ3v) is 8.93. The Morgan fingerprint density at radius 3 is 2.18 bits per heavy atom. The van der Waals surface area contributed by atoms with Crippen LogP contribution in [0.1, 0.15) is 16.7 Å². The molecule has 0 fully saturated rings. The second kappa shape index (κ2) is 12.6. The molecule has 2 aromatic heterocycles. The van der Waals surface area contributed by atoms with Gasteiger partial charge >= 0.3 is 6.01 Å². The molecule has 1 radical (unpaired) electrons. The number of hydrogen-bond donors (Lipinski definition) is 0. The van der Waals surface area contributed by atoms with Crippen LogP contribution in [0.25, 0.3) is 31.4 Å². The zero-order chi connectivity index (χ0) is 29.3. The van der Waals surface area contributed by atoms with Gasteiger partial charge < -0.3 is 4.98 Å². The molecular weight excluding hydrogens is 735 g/mol.